The Morgan fingerprint density at radius 2 is 2.09 bits per heavy atom. The first kappa shape index (κ1) is 15.8. The average molecular weight is 336 g/mol. The highest BCUT2D eigenvalue weighted by atomic mass is 35.5. The molecule has 0 aliphatic heterocycles. The summed E-state index contributed by atoms with van der Waals surface area (Å²) < 4.78 is 7.01. The Balaban J connectivity index is 2.30. The molecular formula is C15H18ClN5O2. The molecule has 0 aromatic carbocycles. The van der Waals surface area contributed by atoms with Gasteiger partial charge in [0.25, 0.3) is 0 Å². The van der Waals surface area contributed by atoms with E-state index >= 15 is 0 Å². The molecule has 0 atom stereocenters. The topological polar surface area (TPSA) is 103 Å². The molecule has 3 N–H and O–H groups in total. The Labute approximate surface area is 138 Å². The number of hydrogen-bond acceptors (Lipinski definition) is 6. The number of nitrogens with zero attached hydrogens (tertiary/aromatic N) is 4. The van der Waals surface area contributed by atoms with E-state index in [-0.39, 0.29) is 6.04 Å². The maximum Gasteiger partial charge on any atom is 0.168 e. The van der Waals surface area contributed by atoms with Crippen LogP contribution in [0, 0.1) is 0 Å². The summed E-state index contributed by atoms with van der Waals surface area (Å²) in [5.74, 6) is 0.660. The second-order valence-corrected chi connectivity index (χ2v) is 6.64. The minimum absolute atomic E-state index is 0.0752. The van der Waals surface area contributed by atoms with Crippen LogP contribution in [0.2, 0.25) is 5.02 Å². The Bertz CT molecular complexity index is 876. The summed E-state index contributed by atoms with van der Waals surface area (Å²) in [6.07, 6.45) is 1.51. The van der Waals surface area contributed by atoms with Crippen molar-refractivity contribution in [3.05, 3.63) is 23.0 Å². The molecule has 0 fully saturated rings. The van der Waals surface area contributed by atoms with Crippen molar-refractivity contribution in [3.8, 4) is 11.4 Å². The van der Waals surface area contributed by atoms with E-state index in [1.807, 2.05) is 13.8 Å². The Hall–Kier alpha value is -2.12. The number of pyridine rings is 1. The minimum atomic E-state index is -1.14. The summed E-state index contributed by atoms with van der Waals surface area (Å²) in [5.41, 5.74) is 6.61. The number of aliphatic hydroxyl groups is 1. The third-order valence-corrected chi connectivity index (χ3v) is 3.83. The molecule has 3 aromatic rings. The summed E-state index contributed by atoms with van der Waals surface area (Å²) in [7, 11) is 0. The zero-order valence-corrected chi connectivity index (χ0v) is 14.1. The highest BCUT2D eigenvalue weighted by molar-refractivity contribution is 6.35. The van der Waals surface area contributed by atoms with Gasteiger partial charge in [-0.05, 0) is 27.7 Å². The molecule has 0 saturated heterocycles. The number of aromatic nitrogens is 4. The van der Waals surface area contributed by atoms with E-state index in [2.05, 4.69) is 15.2 Å². The molecule has 0 saturated carbocycles. The van der Waals surface area contributed by atoms with Crippen LogP contribution < -0.4 is 5.73 Å². The fourth-order valence-corrected chi connectivity index (χ4v) is 2.62. The Kier molecular flexibility index (Phi) is 3.57. The predicted octanol–water partition coefficient (Wildman–Crippen LogP) is 3.13. The van der Waals surface area contributed by atoms with Crippen LogP contribution in [0.1, 0.15) is 39.5 Å². The molecule has 3 rings (SSSR count). The lowest BCUT2D eigenvalue weighted by Crippen LogP contribution is -2.13. The van der Waals surface area contributed by atoms with Gasteiger partial charge < -0.3 is 15.4 Å². The van der Waals surface area contributed by atoms with E-state index in [9.17, 15) is 5.11 Å². The Morgan fingerprint density at radius 3 is 2.65 bits per heavy atom. The van der Waals surface area contributed by atoms with Crippen molar-refractivity contribution in [2.45, 2.75) is 39.3 Å². The summed E-state index contributed by atoms with van der Waals surface area (Å²) in [6.45, 7) is 7.23. The van der Waals surface area contributed by atoms with Gasteiger partial charge in [-0.25, -0.2) is 4.98 Å². The lowest BCUT2D eigenvalue weighted by molar-refractivity contribution is 0.0476. The molecule has 0 bridgehead atoms. The van der Waals surface area contributed by atoms with Crippen LogP contribution in [0.25, 0.3) is 22.3 Å². The normalized spacial score (nSPS) is 12.5. The van der Waals surface area contributed by atoms with E-state index < -0.39 is 5.60 Å². The van der Waals surface area contributed by atoms with Crippen LogP contribution in [0.5, 0.6) is 0 Å². The first-order chi connectivity index (χ1) is 10.7. The SMILES string of the molecule is CC(C)n1nc(-c2cc(C(C)(C)O)on2)c2c(N)ncc(Cl)c21. The molecule has 0 radical (unpaired) electrons. The van der Waals surface area contributed by atoms with Crippen molar-refractivity contribution in [2.24, 2.45) is 0 Å². The first-order valence-corrected chi connectivity index (χ1v) is 7.60. The number of anilines is 1. The van der Waals surface area contributed by atoms with Crippen LogP contribution in [0.4, 0.5) is 5.82 Å². The molecule has 0 unspecified atom stereocenters. The number of nitrogens with two attached hydrogens (primary N) is 1. The van der Waals surface area contributed by atoms with Crippen molar-refractivity contribution in [3.63, 3.8) is 0 Å². The molecular weight excluding hydrogens is 318 g/mol. The zero-order valence-electron chi connectivity index (χ0n) is 13.3. The molecule has 23 heavy (non-hydrogen) atoms. The fourth-order valence-electron chi connectivity index (χ4n) is 2.39. The maximum absolute atomic E-state index is 10.0. The second-order valence-electron chi connectivity index (χ2n) is 6.24. The molecule has 8 heteroatoms. The average Bonchev–Trinajstić information content (AvgIpc) is 3.06. The van der Waals surface area contributed by atoms with Gasteiger partial charge in [-0.2, -0.15) is 5.10 Å². The van der Waals surface area contributed by atoms with Gasteiger partial charge in [0.15, 0.2) is 5.76 Å². The number of fused-ring (bicyclic) bond motifs is 1. The van der Waals surface area contributed by atoms with Crippen LogP contribution in [-0.2, 0) is 5.60 Å². The summed E-state index contributed by atoms with van der Waals surface area (Å²) >= 11 is 6.29. The highest BCUT2D eigenvalue weighted by Gasteiger charge is 2.26. The number of nitrogen functional groups attached to an aromatic ring is 1. The van der Waals surface area contributed by atoms with Crippen LogP contribution >= 0.6 is 11.6 Å². The van der Waals surface area contributed by atoms with Gasteiger partial charge in [-0.1, -0.05) is 16.8 Å². The van der Waals surface area contributed by atoms with Crippen molar-refractivity contribution in [1.82, 2.24) is 19.9 Å². The molecule has 3 heterocycles. The highest BCUT2D eigenvalue weighted by Crippen LogP contribution is 2.36. The smallest absolute Gasteiger partial charge is 0.168 e. The van der Waals surface area contributed by atoms with Gasteiger partial charge in [-0.3, -0.25) is 4.68 Å². The monoisotopic (exact) mass is 335 g/mol. The van der Waals surface area contributed by atoms with Crippen molar-refractivity contribution < 1.29 is 9.63 Å². The number of rotatable bonds is 3. The fraction of sp³-hybridized carbons (Fsp3) is 0.400. The van der Waals surface area contributed by atoms with Crippen LogP contribution in [-0.4, -0.2) is 25.0 Å². The van der Waals surface area contributed by atoms with Crippen LogP contribution in [0.3, 0.4) is 0 Å². The molecule has 0 amide bonds. The lowest BCUT2D eigenvalue weighted by Gasteiger charge is -2.10. The number of halogens is 1. The zero-order chi connectivity index (χ0) is 16.9. The van der Waals surface area contributed by atoms with E-state index in [1.165, 1.54) is 6.20 Å². The molecule has 0 spiro atoms. The molecule has 122 valence electrons. The van der Waals surface area contributed by atoms with Gasteiger partial charge in [-0.15, -0.1) is 0 Å². The van der Waals surface area contributed by atoms with E-state index in [1.54, 1.807) is 24.6 Å². The third kappa shape index (κ3) is 2.55. The van der Waals surface area contributed by atoms with Crippen LogP contribution in [0.15, 0.2) is 16.8 Å². The van der Waals surface area contributed by atoms with Gasteiger partial charge in [0.2, 0.25) is 0 Å². The van der Waals surface area contributed by atoms with Gasteiger partial charge in [0.1, 0.15) is 22.8 Å². The summed E-state index contributed by atoms with van der Waals surface area (Å²) in [4.78, 5) is 4.11. The first-order valence-electron chi connectivity index (χ1n) is 7.22. The van der Waals surface area contributed by atoms with Crippen molar-refractivity contribution >= 4 is 28.3 Å². The lowest BCUT2D eigenvalue weighted by atomic mass is 10.1. The Morgan fingerprint density at radius 1 is 1.39 bits per heavy atom. The second kappa shape index (κ2) is 5.21. The maximum atomic E-state index is 10.0. The quantitative estimate of drug-likeness (QED) is 0.762. The summed E-state index contributed by atoms with van der Waals surface area (Å²) in [6, 6.07) is 1.72. The van der Waals surface area contributed by atoms with Crippen molar-refractivity contribution in [1.29, 1.82) is 0 Å². The molecule has 7 nitrogen and oxygen atoms in total. The van der Waals surface area contributed by atoms with Gasteiger partial charge in [0.05, 0.1) is 22.1 Å². The largest absolute Gasteiger partial charge is 0.383 e. The van der Waals surface area contributed by atoms with Gasteiger partial charge >= 0.3 is 0 Å². The van der Waals surface area contributed by atoms with Crippen molar-refractivity contribution in [2.75, 3.05) is 5.73 Å². The van der Waals surface area contributed by atoms with E-state index in [0.717, 1.165) is 0 Å². The molecule has 0 aliphatic rings. The molecule has 3 aromatic heterocycles. The number of hydrogen-bond donors (Lipinski definition) is 2. The van der Waals surface area contributed by atoms with E-state index in [4.69, 9.17) is 21.9 Å². The summed E-state index contributed by atoms with van der Waals surface area (Å²) in [5, 5.41) is 19.7. The van der Waals surface area contributed by atoms with E-state index in [0.29, 0.717) is 38.9 Å². The predicted molar refractivity (Wildman–Crippen MR) is 88.1 cm³/mol. The molecule has 0 aliphatic carbocycles. The minimum Gasteiger partial charge on any atom is -0.383 e. The van der Waals surface area contributed by atoms with Gasteiger partial charge in [0, 0.05) is 12.1 Å². The third-order valence-electron chi connectivity index (χ3n) is 3.55. The standard InChI is InChI=1S/C15H18ClN5O2/c1-7(2)21-13-8(16)6-18-14(17)11(13)12(19-21)9-5-10(23-20-9)15(3,4)22/h5-7,22H,1-4H3,(H2,17,18).